The van der Waals surface area contributed by atoms with Crippen LogP contribution >= 0.6 is 0 Å². The van der Waals surface area contributed by atoms with E-state index in [9.17, 15) is 24.0 Å². The second-order valence-corrected chi connectivity index (χ2v) is 6.47. The summed E-state index contributed by atoms with van der Waals surface area (Å²) in [5, 5.41) is 11.2. The van der Waals surface area contributed by atoms with Crippen molar-refractivity contribution in [2.75, 3.05) is 13.7 Å². The Bertz CT molecular complexity index is 668. The fourth-order valence-corrected chi connectivity index (χ4v) is 2.81. The first-order chi connectivity index (χ1) is 14.0. The summed E-state index contributed by atoms with van der Waals surface area (Å²) in [5.41, 5.74) is 5.57. The first kappa shape index (κ1) is 25.3. The van der Waals surface area contributed by atoms with Crippen molar-refractivity contribution in [1.29, 1.82) is 0 Å². The number of aliphatic carboxylic acids is 1. The number of hydrogen-bond acceptors (Lipinski definition) is 11. The van der Waals surface area contributed by atoms with E-state index in [0.717, 1.165) is 20.8 Å². The van der Waals surface area contributed by atoms with Crippen molar-refractivity contribution in [1.82, 2.24) is 5.32 Å². The summed E-state index contributed by atoms with van der Waals surface area (Å²) < 4.78 is 26.2. The van der Waals surface area contributed by atoms with E-state index in [2.05, 4.69) is 5.32 Å². The number of amides is 1. The maximum absolute atomic E-state index is 12.3. The predicted molar refractivity (Wildman–Crippen MR) is 95.6 cm³/mol. The van der Waals surface area contributed by atoms with Crippen LogP contribution in [0.3, 0.4) is 0 Å². The highest BCUT2D eigenvalue weighted by Crippen LogP contribution is 2.27. The summed E-state index contributed by atoms with van der Waals surface area (Å²) in [4.78, 5) is 57.6. The van der Waals surface area contributed by atoms with Gasteiger partial charge in [0.25, 0.3) is 0 Å². The van der Waals surface area contributed by atoms with Crippen LogP contribution in [-0.4, -0.2) is 85.3 Å². The average Bonchev–Trinajstić information content (AvgIpc) is 2.61. The standard InChI is InChI=1S/C17H26N2O11/c1-7(20)27-6-11-14(28-8(2)21)15(29-9(3)22)13(17(26-4)30-11)19-16(25)10(18)5-12(23)24/h10-11,13-15,17H,5-6,18H2,1-4H3,(H,19,25)(H,23,24). The van der Waals surface area contributed by atoms with Gasteiger partial charge in [-0.05, 0) is 0 Å². The molecule has 13 nitrogen and oxygen atoms in total. The van der Waals surface area contributed by atoms with Gasteiger partial charge in [0.15, 0.2) is 18.5 Å². The molecule has 0 bridgehead atoms. The van der Waals surface area contributed by atoms with Gasteiger partial charge >= 0.3 is 23.9 Å². The molecular weight excluding hydrogens is 408 g/mol. The van der Waals surface area contributed by atoms with Crippen LogP contribution in [0, 0.1) is 0 Å². The molecule has 0 radical (unpaired) electrons. The van der Waals surface area contributed by atoms with E-state index in [0.29, 0.717) is 0 Å². The van der Waals surface area contributed by atoms with Crippen molar-refractivity contribution in [2.45, 2.75) is 63.9 Å². The highest BCUT2D eigenvalue weighted by molar-refractivity contribution is 5.86. The number of carboxylic acid groups (broad SMARTS) is 1. The Morgan fingerprint density at radius 2 is 1.60 bits per heavy atom. The third-order valence-corrected chi connectivity index (χ3v) is 3.97. The van der Waals surface area contributed by atoms with Gasteiger partial charge in [-0.3, -0.25) is 24.0 Å². The third kappa shape index (κ3) is 7.57. The summed E-state index contributed by atoms with van der Waals surface area (Å²) in [6.07, 6.45) is -5.57. The topological polar surface area (TPSA) is 190 Å². The lowest BCUT2D eigenvalue weighted by molar-refractivity contribution is -0.271. The van der Waals surface area contributed by atoms with Gasteiger partial charge in [0.2, 0.25) is 5.91 Å². The lowest BCUT2D eigenvalue weighted by Crippen LogP contribution is -2.67. The molecule has 6 unspecified atom stereocenters. The maximum Gasteiger partial charge on any atom is 0.305 e. The Labute approximate surface area is 172 Å². The van der Waals surface area contributed by atoms with Crippen molar-refractivity contribution in [2.24, 2.45) is 5.73 Å². The smallest absolute Gasteiger partial charge is 0.305 e. The molecule has 1 aliphatic rings. The zero-order chi connectivity index (χ0) is 23.0. The van der Waals surface area contributed by atoms with E-state index < -0.39 is 72.9 Å². The first-order valence-corrected chi connectivity index (χ1v) is 8.90. The van der Waals surface area contributed by atoms with Crippen LogP contribution in [-0.2, 0) is 47.7 Å². The largest absolute Gasteiger partial charge is 0.481 e. The molecule has 0 aromatic carbocycles. The number of hydrogen-bond donors (Lipinski definition) is 3. The quantitative estimate of drug-likeness (QED) is 0.269. The second kappa shape index (κ2) is 11.4. The van der Waals surface area contributed by atoms with Crippen LogP contribution in [0.2, 0.25) is 0 Å². The minimum atomic E-state index is -1.41. The lowest BCUT2D eigenvalue weighted by Gasteiger charge is -2.44. The van der Waals surface area contributed by atoms with E-state index in [1.807, 2.05) is 0 Å². The number of esters is 3. The molecule has 1 rings (SSSR count). The summed E-state index contributed by atoms with van der Waals surface area (Å²) in [5.74, 6) is -4.33. The zero-order valence-electron chi connectivity index (χ0n) is 17.0. The molecule has 0 aromatic rings. The molecule has 170 valence electrons. The fraction of sp³-hybridized carbons (Fsp3) is 0.706. The molecule has 4 N–H and O–H groups in total. The highest BCUT2D eigenvalue weighted by atomic mass is 16.7. The Kier molecular flexibility index (Phi) is 9.62. The van der Waals surface area contributed by atoms with Crippen LogP contribution in [0.4, 0.5) is 0 Å². The number of carbonyl (C=O) groups excluding carboxylic acids is 4. The van der Waals surface area contributed by atoms with Crippen molar-refractivity contribution in [3.05, 3.63) is 0 Å². The minimum Gasteiger partial charge on any atom is -0.481 e. The third-order valence-electron chi connectivity index (χ3n) is 3.97. The summed E-state index contributed by atoms with van der Waals surface area (Å²) >= 11 is 0. The van der Waals surface area contributed by atoms with Gasteiger partial charge < -0.3 is 39.8 Å². The van der Waals surface area contributed by atoms with Crippen molar-refractivity contribution >= 4 is 29.8 Å². The number of rotatable bonds is 9. The maximum atomic E-state index is 12.3. The lowest BCUT2D eigenvalue weighted by atomic mass is 9.95. The molecule has 0 spiro atoms. The molecule has 0 saturated carbocycles. The van der Waals surface area contributed by atoms with E-state index >= 15 is 0 Å². The number of nitrogens with one attached hydrogen (secondary N) is 1. The van der Waals surface area contributed by atoms with E-state index in [1.54, 1.807) is 0 Å². The summed E-state index contributed by atoms with van der Waals surface area (Å²) in [7, 11) is 1.24. The minimum absolute atomic E-state index is 0.357. The van der Waals surface area contributed by atoms with Gasteiger partial charge in [-0.1, -0.05) is 0 Å². The van der Waals surface area contributed by atoms with E-state index in [-0.39, 0.29) is 6.61 Å². The molecule has 13 heteroatoms. The SMILES string of the molecule is COC1OC(COC(C)=O)C(OC(C)=O)C(OC(C)=O)C1NC(=O)C(N)CC(=O)O. The monoisotopic (exact) mass is 434 g/mol. The molecule has 1 aliphatic heterocycles. The number of ether oxygens (including phenoxy) is 5. The first-order valence-electron chi connectivity index (χ1n) is 8.90. The second-order valence-electron chi connectivity index (χ2n) is 6.47. The van der Waals surface area contributed by atoms with E-state index in [1.165, 1.54) is 7.11 Å². The Balaban J connectivity index is 3.22. The van der Waals surface area contributed by atoms with Crippen molar-refractivity contribution < 1.29 is 52.8 Å². The van der Waals surface area contributed by atoms with Crippen LogP contribution in [0.15, 0.2) is 0 Å². The average molecular weight is 434 g/mol. The number of nitrogens with two attached hydrogens (primary N) is 1. The molecule has 1 fully saturated rings. The Morgan fingerprint density at radius 1 is 1.03 bits per heavy atom. The van der Waals surface area contributed by atoms with Gasteiger partial charge in [-0.2, -0.15) is 0 Å². The van der Waals surface area contributed by atoms with Gasteiger partial charge in [0, 0.05) is 27.9 Å². The normalized spacial score (nSPS) is 26.8. The van der Waals surface area contributed by atoms with Crippen LogP contribution < -0.4 is 11.1 Å². The molecule has 0 aliphatic carbocycles. The van der Waals surface area contributed by atoms with Crippen LogP contribution in [0.1, 0.15) is 27.2 Å². The van der Waals surface area contributed by atoms with Crippen molar-refractivity contribution in [3.63, 3.8) is 0 Å². The van der Waals surface area contributed by atoms with Gasteiger partial charge in [-0.25, -0.2) is 0 Å². The van der Waals surface area contributed by atoms with Gasteiger partial charge in [0.05, 0.1) is 12.5 Å². The highest BCUT2D eigenvalue weighted by Gasteiger charge is 2.51. The Hall–Kier alpha value is -2.77. The zero-order valence-corrected chi connectivity index (χ0v) is 17.0. The van der Waals surface area contributed by atoms with Gasteiger partial charge in [-0.15, -0.1) is 0 Å². The van der Waals surface area contributed by atoms with E-state index in [4.69, 9.17) is 34.5 Å². The van der Waals surface area contributed by atoms with Crippen LogP contribution in [0.25, 0.3) is 0 Å². The number of carbonyl (C=O) groups is 5. The molecular formula is C17H26N2O11. The summed E-state index contributed by atoms with van der Waals surface area (Å²) in [6, 6.07) is -2.63. The predicted octanol–water partition coefficient (Wildman–Crippen LogP) is -1.93. The summed E-state index contributed by atoms with van der Waals surface area (Å²) in [6.45, 7) is 3.00. The number of carboxylic acids is 1. The van der Waals surface area contributed by atoms with Crippen molar-refractivity contribution in [3.8, 4) is 0 Å². The van der Waals surface area contributed by atoms with Gasteiger partial charge in [0.1, 0.15) is 18.8 Å². The fourth-order valence-electron chi connectivity index (χ4n) is 2.81. The van der Waals surface area contributed by atoms with Crippen LogP contribution in [0.5, 0.6) is 0 Å². The number of methoxy groups -OCH3 is 1. The molecule has 6 atom stereocenters. The Morgan fingerprint density at radius 3 is 2.07 bits per heavy atom. The molecule has 1 amide bonds. The molecule has 0 aromatic heterocycles. The molecule has 1 heterocycles. The molecule has 30 heavy (non-hydrogen) atoms. The molecule has 1 saturated heterocycles.